The van der Waals surface area contributed by atoms with E-state index in [2.05, 4.69) is 53.3 Å². The SMILES string of the molecule is C[n+]1c2ccccc2c(Nc2ccc(Cl)cc2Cl)c2ccccc21.[Cl-]. The fourth-order valence-corrected chi connectivity index (χ4v) is 3.55. The highest BCUT2D eigenvalue weighted by Gasteiger charge is 2.17. The Morgan fingerprint density at radius 1 is 0.800 bits per heavy atom. The van der Waals surface area contributed by atoms with E-state index < -0.39 is 0 Å². The summed E-state index contributed by atoms with van der Waals surface area (Å²) >= 11 is 12.4. The lowest BCUT2D eigenvalue weighted by Crippen LogP contribution is -3.00. The molecule has 0 amide bonds. The molecular weight excluding hydrogens is 375 g/mol. The molecular formula is C20H15Cl3N2. The van der Waals surface area contributed by atoms with E-state index >= 15 is 0 Å². The fourth-order valence-electron chi connectivity index (χ4n) is 3.09. The van der Waals surface area contributed by atoms with Crippen LogP contribution < -0.4 is 22.3 Å². The molecule has 4 aromatic rings. The highest BCUT2D eigenvalue weighted by molar-refractivity contribution is 6.36. The molecule has 0 unspecified atom stereocenters. The number of halogens is 3. The van der Waals surface area contributed by atoms with Crippen molar-refractivity contribution >= 4 is 56.4 Å². The maximum absolute atomic E-state index is 6.36. The number of hydrogen-bond acceptors (Lipinski definition) is 1. The number of rotatable bonds is 2. The molecule has 3 aromatic carbocycles. The summed E-state index contributed by atoms with van der Waals surface area (Å²) in [6, 6.07) is 22.2. The van der Waals surface area contributed by atoms with Crippen LogP contribution in [0.3, 0.4) is 0 Å². The average Bonchev–Trinajstić information content (AvgIpc) is 2.60. The largest absolute Gasteiger partial charge is 1.00 e. The highest BCUT2D eigenvalue weighted by Crippen LogP contribution is 2.35. The lowest BCUT2D eigenvalue weighted by molar-refractivity contribution is -0.617. The summed E-state index contributed by atoms with van der Waals surface area (Å²) in [4.78, 5) is 0. The van der Waals surface area contributed by atoms with Crippen LogP contribution in [0.15, 0.2) is 66.7 Å². The van der Waals surface area contributed by atoms with Crippen LogP contribution in [0.1, 0.15) is 0 Å². The molecule has 1 heterocycles. The van der Waals surface area contributed by atoms with Crippen LogP contribution in [0.2, 0.25) is 10.0 Å². The summed E-state index contributed by atoms with van der Waals surface area (Å²) in [5, 5.41) is 7.02. The third kappa shape index (κ3) is 3.13. The molecule has 0 aliphatic rings. The van der Waals surface area contributed by atoms with E-state index in [0.29, 0.717) is 10.0 Å². The van der Waals surface area contributed by atoms with Gasteiger partial charge >= 0.3 is 0 Å². The van der Waals surface area contributed by atoms with Gasteiger partial charge in [-0.15, -0.1) is 0 Å². The van der Waals surface area contributed by atoms with Gasteiger partial charge in [-0.1, -0.05) is 47.5 Å². The summed E-state index contributed by atoms with van der Waals surface area (Å²) in [5.74, 6) is 0. The average molecular weight is 390 g/mol. The van der Waals surface area contributed by atoms with Crippen LogP contribution in [0.5, 0.6) is 0 Å². The first-order valence-electron chi connectivity index (χ1n) is 7.67. The van der Waals surface area contributed by atoms with Crippen LogP contribution in [0.25, 0.3) is 21.8 Å². The van der Waals surface area contributed by atoms with E-state index in [4.69, 9.17) is 23.2 Å². The van der Waals surface area contributed by atoms with Crippen molar-refractivity contribution in [2.24, 2.45) is 7.05 Å². The second-order valence-corrected chi connectivity index (χ2v) is 6.56. The van der Waals surface area contributed by atoms with E-state index in [1.165, 1.54) is 0 Å². The number of para-hydroxylation sites is 2. The zero-order valence-corrected chi connectivity index (χ0v) is 15.7. The molecule has 126 valence electrons. The van der Waals surface area contributed by atoms with Gasteiger partial charge in [0.25, 0.3) is 0 Å². The summed E-state index contributed by atoms with van der Waals surface area (Å²) in [7, 11) is 2.09. The van der Waals surface area contributed by atoms with Crippen molar-refractivity contribution in [3.63, 3.8) is 0 Å². The van der Waals surface area contributed by atoms with Crippen LogP contribution in [-0.4, -0.2) is 0 Å². The van der Waals surface area contributed by atoms with Crippen molar-refractivity contribution in [1.82, 2.24) is 0 Å². The van der Waals surface area contributed by atoms with E-state index in [1.807, 2.05) is 24.3 Å². The van der Waals surface area contributed by atoms with Crippen molar-refractivity contribution in [2.45, 2.75) is 0 Å². The van der Waals surface area contributed by atoms with Crippen LogP contribution in [-0.2, 0) is 7.05 Å². The second kappa shape index (κ2) is 7.09. The van der Waals surface area contributed by atoms with E-state index in [-0.39, 0.29) is 12.4 Å². The number of nitrogens with zero attached hydrogens (tertiary/aromatic N) is 1. The van der Waals surface area contributed by atoms with Crippen molar-refractivity contribution in [2.75, 3.05) is 5.32 Å². The molecule has 0 saturated heterocycles. The van der Waals surface area contributed by atoms with Crippen LogP contribution in [0.4, 0.5) is 11.4 Å². The van der Waals surface area contributed by atoms with Gasteiger partial charge in [0, 0.05) is 17.2 Å². The Labute approximate surface area is 162 Å². The lowest BCUT2D eigenvalue weighted by Gasteiger charge is -2.13. The third-order valence-electron chi connectivity index (χ3n) is 4.26. The minimum absolute atomic E-state index is 0. The number of fused-ring (bicyclic) bond motifs is 2. The fraction of sp³-hybridized carbons (Fsp3) is 0.0500. The number of aryl methyl sites for hydroxylation is 1. The quantitative estimate of drug-likeness (QED) is 0.412. The lowest BCUT2D eigenvalue weighted by atomic mass is 10.1. The predicted octanol–water partition coefficient (Wildman–Crippen LogP) is 2.87. The molecule has 0 bridgehead atoms. The monoisotopic (exact) mass is 388 g/mol. The van der Waals surface area contributed by atoms with E-state index in [1.54, 1.807) is 6.07 Å². The molecule has 1 aromatic heterocycles. The number of nitrogens with one attached hydrogen (secondary N) is 1. The number of benzene rings is 3. The maximum atomic E-state index is 6.36. The minimum Gasteiger partial charge on any atom is -1.00 e. The van der Waals surface area contributed by atoms with Gasteiger partial charge in [0.05, 0.1) is 27.2 Å². The van der Waals surface area contributed by atoms with Gasteiger partial charge in [-0.05, 0) is 30.3 Å². The van der Waals surface area contributed by atoms with Crippen molar-refractivity contribution in [3.8, 4) is 0 Å². The molecule has 0 aliphatic heterocycles. The van der Waals surface area contributed by atoms with Gasteiger partial charge in [0.15, 0.2) is 0 Å². The molecule has 0 aliphatic carbocycles. The van der Waals surface area contributed by atoms with Crippen LogP contribution >= 0.6 is 23.2 Å². The molecule has 1 N–H and O–H groups in total. The minimum atomic E-state index is 0. The van der Waals surface area contributed by atoms with Crippen molar-refractivity contribution < 1.29 is 17.0 Å². The van der Waals surface area contributed by atoms with Gasteiger partial charge in [-0.25, -0.2) is 0 Å². The summed E-state index contributed by atoms with van der Waals surface area (Å²) in [6.45, 7) is 0. The highest BCUT2D eigenvalue weighted by atomic mass is 35.5. The summed E-state index contributed by atoms with van der Waals surface area (Å²) < 4.78 is 2.21. The number of aromatic nitrogens is 1. The van der Waals surface area contributed by atoms with E-state index in [9.17, 15) is 0 Å². The Hall–Kier alpha value is -2.00. The third-order valence-corrected chi connectivity index (χ3v) is 4.81. The number of hydrogen-bond donors (Lipinski definition) is 1. The Balaban J connectivity index is 0.00000182. The van der Waals surface area contributed by atoms with Gasteiger partial charge in [-0.3, -0.25) is 0 Å². The van der Waals surface area contributed by atoms with Gasteiger partial charge in [0.1, 0.15) is 7.05 Å². The molecule has 0 radical (unpaired) electrons. The topological polar surface area (TPSA) is 15.9 Å². The van der Waals surface area contributed by atoms with Gasteiger partial charge in [0.2, 0.25) is 11.0 Å². The summed E-state index contributed by atoms with van der Waals surface area (Å²) in [6.07, 6.45) is 0. The second-order valence-electron chi connectivity index (χ2n) is 5.72. The number of anilines is 2. The first-order chi connectivity index (χ1) is 11.6. The summed E-state index contributed by atoms with van der Waals surface area (Å²) in [5.41, 5.74) is 4.20. The predicted molar refractivity (Wildman–Crippen MR) is 102 cm³/mol. The maximum Gasteiger partial charge on any atom is 0.214 e. The first kappa shape index (κ1) is 17.8. The molecule has 5 heteroatoms. The molecule has 0 saturated carbocycles. The molecule has 0 fully saturated rings. The van der Waals surface area contributed by atoms with Crippen molar-refractivity contribution in [3.05, 3.63) is 76.8 Å². The molecule has 25 heavy (non-hydrogen) atoms. The zero-order valence-electron chi connectivity index (χ0n) is 13.4. The zero-order chi connectivity index (χ0) is 16.7. The van der Waals surface area contributed by atoms with Gasteiger partial charge in [-0.2, -0.15) is 4.57 Å². The van der Waals surface area contributed by atoms with E-state index in [0.717, 1.165) is 33.2 Å². The standard InChI is InChI=1S/C20H14Cl2N2.ClH/c1-24-18-8-4-2-6-14(18)20(15-7-3-5-9-19(15)24)23-17-11-10-13(21)12-16(17)22;/h2-12H,1H3;1H. The Morgan fingerprint density at radius 3 is 1.92 bits per heavy atom. The Morgan fingerprint density at radius 2 is 1.36 bits per heavy atom. The van der Waals surface area contributed by atoms with Crippen molar-refractivity contribution in [1.29, 1.82) is 0 Å². The molecule has 0 atom stereocenters. The Bertz CT molecular complexity index is 1020. The van der Waals surface area contributed by atoms with Crippen LogP contribution in [0, 0.1) is 0 Å². The van der Waals surface area contributed by atoms with Gasteiger partial charge < -0.3 is 17.7 Å². The smallest absolute Gasteiger partial charge is 0.214 e. The Kier molecular flexibility index (Phi) is 5.05. The first-order valence-corrected chi connectivity index (χ1v) is 8.42. The normalized spacial score (nSPS) is 10.7. The molecule has 0 spiro atoms. The molecule has 4 rings (SSSR count). The molecule has 2 nitrogen and oxygen atoms in total. The number of pyridine rings is 1.